The van der Waals surface area contributed by atoms with Gasteiger partial charge in [-0.25, -0.2) is 0 Å². The Morgan fingerprint density at radius 2 is 2.07 bits per heavy atom. The highest BCUT2D eigenvalue weighted by atomic mass is 16.1. The Bertz CT molecular complexity index is 350. The van der Waals surface area contributed by atoms with Crippen molar-refractivity contribution < 1.29 is 4.79 Å². The van der Waals surface area contributed by atoms with Gasteiger partial charge in [0.15, 0.2) is 5.78 Å². The van der Waals surface area contributed by atoms with Gasteiger partial charge in [-0.3, -0.25) is 4.79 Å². The van der Waals surface area contributed by atoms with Gasteiger partial charge in [-0.05, 0) is 18.9 Å². The lowest BCUT2D eigenvalue weighted by Crippen LogP contribution is -1.94. The van der Waals surface area contributed by atoms with Gasteiger partial charge in [0, 0.05) is 5.56 Å². The van der Waals surface area contributed by atoms with Gasteiger partial charge in [0.25, 0.3) is 0 Å². The zero-order valence-corrected chi connectivity index (χ0v) is 9.49. The lowest BCUT2D eigenvalue weighted by atomic mass is 10.0. The van der Waals surface area contributed by atoms with Crippen LogP contribution in [0.1, 0.15) is 49.0 Å². The van der Waals surface area contributed by atoms with E-state index in [4.69, 9.17) is 0 Å². The van der Waals surface area contributed by atoms with E-state index in [9.17, 15) is 4.79 Å². The van der Waals surface area contributed by atoms with Crippen molar-refractivity contribution in [1.82, 2.24) is 0 Å². The number of rotatable bonds is 5. The van der Waals surface area contributed by atoms with Crippen LogP contribution >= 0.6 is 0 Å². The molecule has 0 spiro atoms. The zero-order valence-electron chi connectivity index (χ0n) is 9.49. The van der Waals surface area contributed by atoms with Gasteiger partial charge >= 0.3 is 0 Å². The van der Waals surface area contributed by atoms with E-state index in [1.165, 1.54) is 12.8 Å². The van der Waals surface area contributed by atoms with Gasteiger partial charge in [-0.15, -0.1) is 0 Å². The van der Waals surface area contributed by atoms with E-state index >= 15 is 0 Å². The van der Waals surface area contributed by atoms with Crippen molar-refractivity contribution in [2.45, 2.75) is 33.1 Å². The van der Waals surface area contributed by atoms with Gasteiger partial charge in [0.05, 0.1) is 0 Å². The molecule has 0 saturated heterocycles. The van der Waals surface area contributed by atoms with Crippen LogP contribution in [0.4, 0.5) is 0 Å². The molecule has 1 rings (SSSR count). The Kier molecular flexibility index (Phi) is 4.82. The molecule has 0 amide bonds. The summed E-state index contributed by atoms with van der Waals surface area (Å²) in [5.74, 6) is 0.130. The Labute approximate surface area is 91.8 Å². The second-order valence-corrected chi connectivity index (χ2v) is 3.69. The second-order valence-electron chi connectivity index (χ2n) is 3.69. The summed E-state index contributed by atoms with van der Waals surface area (Å²) in [5.41, 5.74) is 1.84. The van der Waals surface area contributed by atoms with E-state index in [2.05, 4.69) is 13.0 Å². The minimum absolute atomic E-state index is 0.130. The predicted molar refractivity (Wildman–Crippen MR) is 65.0 cm³/mol. The topological polar surface area (TPSA) is 17.1 Å². The molecule has 0 fully saturated rings. The molecule has 1 heteroatoms. The summed E-state index contributed by atoms with van der Waals surface area (Å²) >= 11 is 0. The Morgan fingerprint density at radius 3 is 2.73 bits per heavy atom. The maximum atomic E-state index is 11.3. The Balaban J connectivity index is 2.75. The molecule has 1 aromatic carbocycles. The fourth-order valence-electron chi connectivity index (χ4n) is 1.50. The number of carbonyl (C=O) groups excluding carboxylic acids is 1. The highest BCUT2D eigenvalue weighted by molar-refractivity contribution is 5.97. The third kappa shape index (κ3) is 3.70. The average Bonchev–Trinajstić information content (AvgIpc) is 2.25. The highest BCUT2D eigenvalue weighted by Gasteiger charge is 2.02. The molecule has 0 heterocycles. The number of hydrogen-bond acceptors (Lipinski definition) is 1. The van der Waals surface area contributed by atoms with E-state index in [-0.39, 0.29) is 5.78 Å². The van der Waals surface area contributed by atoms with E-state index in [1.54, 1.807) is 6.92 Å². The Morgan fingerprint density at radius 1 is 1.33 bits per heavy atom. The lowest BCUT2D eigenvalue weighted by Gasteiger charge is -2.00. The van der Waals surface area contributed by atoms with Crippen molar-refractivity contribution in [2.24, 2.45) is 0 Å². The molecule has 0 radical (unpaired) electrons. The van der Waals surface area contributed by atoms with Crippen LogP contribution in [0.3, 0.4) is 0 Å². The van der Waals surface area contributed by atoms with Crippen molar-refractivity contribution in [3.63, 3.8) is 0 Å². The second kappa shape index (κ2) is 6.18. The fraction of sp³-hybridized carbons (Fsp3) is 0.357. The minimum Gasteiger partial charge on any atom is -0.294 e. The predicted octanol–water partition coefficient (Wildman–Crippen LogP) is 4.09. The molecule has 0 unspecified atom stereocenters. The third-order valence-corrected chi connectivity index (χ3v) is 2.36. The van der Waals surface area contributed by atoms with Gasteiger partial charge in [0.1, 0.15) is 0 Å². The first-order valence-corrected chi connectivity index (χ1v) is 5.52. The molecular formula is C14H18O. The summed E-state index contributed by atoms with van der Waals surface area (Å²) in [4.78, 5) is 11.3. The molecule has 15 heavy (non-hydrogen) atoms. The summed E-state index contributed by atoms with van der Waals surface area (Å²) in [6.07, 6.45) is 7.69. The first kappa shape index (κ1) is 11.7. The maximum Gasteiger partial charge on any atom is 0.160 e. The van der Waals surface area contributed by atoms with Crippen LogP contribution in [0.25, 0.3) is 6.08 Å². The normalized spacial score (nSPS) is 10.8. The van der Waals surface area contributed by atoms with Crippen LogP contribution < -0.4 is 0 Å². The summed E-state index contributed by atoms with van der Waals surface area (Å²) in [6, 6.07) is 7.73. The molecule has 0 atom stereocenters. The number of Topliss-reactive ketones (excluding diaryl/α,β-unsaturated/α-hetero) is 1. The van der Waals surface area contributed by atoms with Gasteiger partial charge in [0.2, 0.25) is 0 Å². The van der Waals surface area contributed by atoms with Crippen molar-refractivity contribution in [1.29, 1.82) is 0 Å². The molecular weight excluding hydrogens is 184 g/mol. The van der Waals surface area contributed by atoms with Crippen molar-refractivity contribution in [2.75, 3.05) is 0 Å². The Hall–Kier alpha value is -1.37. The molecule has 80 valence electrons. The molecule has 1 aromatic rings. The summed E-state index contributed by atoms with van der Waals surface area (Å²) < 4.78 is 0. The standard InChI is InChI=1S/C14H18O/c1-3-4-5-6-9-13-10-7-8-11-14(13)12(2)15/h6-11H,3-5H2,1-2H3/b9-6+. The molecule has 0 saturated carbocycles. The van der Waals surface area contributed by atoms with Crippen LogP contribution in [-0.4, -0.2) is 5.78 Å². The molecule has 0 N–H and O–H groups in total. The van der Waals surface area contributed by atoms with Crippen molar-refractivity contribution >= 4 is 11.9 Å². The number of benzene rings is 1. The highest BCUT2D eigenvalue weighted by Crippen LogP contribution is 2.12. The number of ketones is 1. The van der Waals surface area contributed by atoms with E-state index in [0.717, 1.165) is 17.5 Å². The van der Waals surface area contributed by atoms with Crippen molar-refractivity contribution in [3.8, 4) is 0 Å². The summed E-state index contributed by atoms with van der Waals surface area (Å²) in [6.45, 7) is 3.79. The minimum atomic E-state index is 0.130. The van der Waals surface area contributed by atoms with Crippen LogP contribution in [0.15, 0.2) is 30.3 Å². The number of unbranched alkanes of at least 4 members (excludes halogenated alkanes) is 2. The first-order chi connectivity index (χ1) is 7.25. The van der Waals surface area contributed by atoms with Gasteiger partial charge < -0.3 is 0 Å². The zero-order chi connectivity index (χ0) is 11.1. The largest absolute Gasteiger partial charge is 0.294 e. The smallest absolute Gasteiger partial charge is 0.160 e. The van der Waals surface area contributed by atoms with E-state index < -0.39 is 0 Å². The van der Waals surface area contributed by atoms with Crippen LogP contribution in [-0.2, 0) is 0 Å². The number of allylic oxidation sites excluding steroid dienone is 1. The van der Waals surface area contributed by atoms with Crippen molar-refractivity contribution in [3.05, 3.63) is 41.5 Å². The quantitative estimate of drug-likeness (QED) is 0.519. The van der Waals surface area contributed by atoms with E-state index in [0.29, 0.717) is 0 Å². The summed E-state index contributed by atoms with van der Waals surface area (Å²) in [7, 11) is 0. The average molecular weight is 202 g/mol. The maximum absolute atomic E-state index is 11.3. The monoisotopic (exact) mass is 202 g/mol. The van der Waals surface area contributed by atoms with Crippen LogP contribution in [0.2, 0.25) is 0 Å². The number of carbonyl (C=O) groups is 1. The molecule has 1 nitrogen and oxygen atoms in total. The van der Waals surface area contributed by atoms with E-state index in [1.807, 2.05) is 30.3 Å². The first-order valence-electron chi connectivity index (χ1n) is 5.52. The SMILES string of the molecule is CCCC/C=C/c1ccccc1C(C)=O. The van der Waals surface area contributed by atoms with Crippen LogP contribution in [0.5, 0.6) is 0 Å². The molecule has 0 aliphatic carbocycles. The third-order valence-electron chi connectivity index (χ3n) is 2.36. The number of hydrogen-bond donors (Lipinski definition) is 0. The fourth-order valence-corrected chi connectivity index (χ4v) is 1.50. The molecule has 0 bridgehead atoms. The van der Waals surface area contributed by atoms with Crippen LogP contribution in [0, 0.1) is 0 Å². The molecule has 0 aliphatic rings. The summed E-state index contributed by atoms with van der Waals surface area (Å²) in [5, 5.41) is 0. The lowest BCUT2D eigenvalue weighted by molar-refractivity contribution is 0.101. The molecule has 0 aromatic heterocycles. The molecule has 0 aliphatic heterocycles. The van der Waals surface area contributed by atoms with Gasteiger partial charge in [-0.1, -0.05) is 56.2 Å². The van der Waals surface area contributed by atoms with Gasteiger partial charge in [-0.2, -0.15) is 0 Å².